The van der Waals surface area contributed by atoms with Crippen molar-refractivity contribution in [3.63, 3.8) is 0 Å². The Labute approximate surface area is 174 Å². The molecule has 5 rings (SSSR count). The molecule has 1 unspecified atom stereocenters. The molecule has 0 spiro atoms. The number of rotatable bonds is 6. The number of hydrogen-bond donors (Lipinski definition) is 4. The minimum atomic E-state index is -0.836. The summed E-state index contributed by atoms with van der Waals surface area (Å²) in [5.74, 6) is 1.35. The highest BCUT2D eigenvalue weighted by Gasteiger charge is 2.26. The summed E-state index contributed by atoms with van der Waals surface area (Å²) < 4.78 is 1.77. The van der Waals surface area contributed by atoms with Crippen LogP contribution < -0.4 is 16.0 Å². The molecule has 2 aliphatic rings. The number of amides is 1. The number of hydrogen-bond acceptors (Lipinski definition) is 6. The van der Waals surface area contributed by atoms with E-state index < -0.39 is 6.23 Å². The van der Waals surface area contributed by atoms with Gasteiger partial charge in [-0.2, -0.15) is 9.61 Å². The van der Waals surface area contributed by atoms with E-state index >= 15 is 0 Å². The molecule has 154 valence electrons. The third-order valence-corrected chi connectivity index (χ3v) is 5.32. The second-order valence-corrected chi connectivity index (χ2v) is 7.99. The fraction of sp³-hybridized carbons (Fsp3) is 0.318. The monoisotopic (exact) mass is 404 g/mol. The second-order valence-electron chi connectivity index (χ2n) is 7.99. The molecule has 3 aromatic rings. The lowest BCUT2D eigenvalue weighted by Gasteiger charge is -2.12. The molecule has 0 radical (unpaired) electrons. The molecule has 8 nitrogen and oxygen atoms in total. The van der Waals surface area contributed by atoms with Gasteiger partial charge in [0.15, 0.2) is 5.65 Å². The van der Waals surface area contributed by atoms with E-state index in [0.29, 0.717) is 23.8 Å². The molecular weight excluding hydrogens is 380 g/mol. The quantitative estimate of drug-likeness (QED) is 0.471. The molecule has 2 fully saturated rings. The fourth-order valence-corrected chi connectivity index (χ4v) is 3.63. The van der Waals surface area contributed by atoms with Crippen molar-refractivity contribution in [2.24, 2.45) is 0 Å². The normalized spacial score (nSPS) is 20.0. The number of benzene rings is 1. The summed E-state index contributed by atoms with van der Waals surface area (Å²) in [5, 5.41) is 23.6. The van der Waals surface area contributed by atoms with Crippen molar-refractivity contribution in [3.05, 3.63) is 58.8 Å². The van der Waals surface area contributed by atoms with Gasteiger partial charge in [0, 0.05) is 36.2 Å². The van der Waals surface area contributed by atoms with Gasteiger partial charge in [0.2, 0.25) is 5.91 Å². The number of nitrogens with one attached hydrogen (secondary N) is 3. The first-order valence-electron chi connectivity index (χ1n) is 10.2. The maximum atomic E-state index is 12.0. The van der Waals surface area contributed by atoms with Crippen molar-refractivity contribution in [2.45, 2.75) is 45.0 Å². The SMILES string of the molecule is Cc1cccc(CNc2cc(NC3CC3)n3ncc(/C=C4\CC(O)NC4=O)c3n2)c1. The number of aryl methyl sites for hydroxylation is 1. The number of carbonyl (C=O) groups excluding carboxylic acids is 1. The average Bonchev–Trinajstić information content (AvgIpc) is 3.35. The highest BCUT2D eigenvalue weighted by atomic mass is 16.3. The van der Waals surface area contributed by atoms with Gasteiger partial charge in [-0.1, -0.05) is 29.8 Å². The number of carbonyl (C=O) groups is 1. The van der Waals surface area contributed by atoms with E-state index in [-0.39, 0.29) is 12.3 Å². The first-order chi connectivity index (χ1) is 14.5. The lowest BCUT2D eigenvalue weighted by molar-refractivity contribution is -0.117. The van der Waals surface area contributed by atoms with Crippen LogP contribution in [0.15, 0.2) is 42.1 Å². The van der Waals surface area contributed by atoms with Gasteiger partial charge in [-0.3, -0.25) is 4.79 Å². The van der Waals surface area contributed by atoms with Crippen molar-refractivity contribution in [1.29, 1.82) is 0 Å². The number of aliphatic hydroxyl groups is 1. The summed E-state index contributed by atoms with van der Waals surface area (Å²) in [6.45, 7) is 2.74. The zero-order valence-electron chi connectivity index (χ0n) is 16.7. The van der Waals surface area contributed by atoms with E-state index in [0.717, 1.165) is 30.0 Å². The van der Waals surface area contributed by atoms with Crippen LogP contribution in [0.2, 0.25) is 0 Å². The molecule has 4 N–H and O–H groups in total. The largest absolute Gasteiger partial charge is 0.373 e. The Hall–Kier alpha value is -3.39. The fourth-order valence-electron chi connectivity index (χ4n) is 3.63. The number of nitrogens with zero attached hydrogens (tertiary/aromatic N) is 3. The van der Waals surface area contributed by atoms with E-state index in [4.69, 9.17) is 4.98 Å². The Bertz CT molecular complexity index is 1150. The summed E-state index contributed by atoms with van der Waals surface area (Å²) in [7, 11) is 0. The van der Waals surface area contributed by atoms with Gasteiger partial charge in [-0.15, -0.1) is 0 Å². The molecule has 30 heavy (non-hydrogen) atoms. The molecule has 1 amide bonds. The van der Waals surface area contributed by atoms with Crippen LogP contribution in [-0.4, -0.2) is 37.9 Å². The summed E-state index contributed by atoms with van der Waals surface area (Å²) >= 11 is 0. The van der Waals surface area contributed by atoms with Crippen molar-refractivity contribution in [2.75, 3.05) is 10.6 Å². The predicted molar refractivity (Wildman–Crippen MR) is 115 cm³/mol. The number of fused-ring (bicyclic) bond motifs is 1. The zero-order valence-corrected chi connectivity index (χ0v) is 16.7. The maximum absolute atomic E-state index is 12.0. The highest BCUT2D eigenvalue weighted by molar-refractivity contribution is 6.00. The van der Waals surface area contributed by atoms with Crippen LogP contribution in [0.25, 0.3) is 11.7 Å². The van der Waals surface area contributed by atoms with Crippen LogP contribution in [0, 0.1) is 6.92 Å². The van der Waals surface area contributed by atoms with E-state index in [2.05, 4.69) is 46.2 Å². The van der Waals surface area contributed by atoms with Gasteiger partial charge >= 0.3 is 0 Å². The van der Waals surface area contributed by atoms with Gasteiger partial charge < -0.3 is 21.1 Å². The van der Waals surface area contributed by atoms with Crippen LogP contribution in [0.4, 0.5) is 11.6 Å². The molecular formula is C22H24N6O2. The molecule has 3 heterocycles. The van der Waals surface area contributed by atoms with E-state index in [1.54, 1.807) is 16.8 Å². The topological polar surface area (TPSA) is 104 Å². The first kappa shape index (κ1) is 18.6. The van der Waals surface area contributed by atoms with E-state index in [1.807, 2.05) is 12.1 Å². The molecule has 1 aliphatic heterocycles. The Kier molecular flexibility index (Phi) is 4.63. The van der Waals surface area contributed by atoms with Crippen LogP contribution in [0.1, 0.15) is 36.0 Å². The molecule has 1 atom stereocenters. The smallest absolute Gasteiger partial charge is 0.249 e. The Morgan fingerprint density at radius 3 is 2.93 bits per heavy atom. The van der Waals surface area contributed by atoms with Crippen LogP contribution >= 0.6 is 0 Å². The maximum Gasteiger partial charge on any atom is 0.249 e. The molecule has 1 saturated carbocycles. The van der Waals surface area contributed by atoms with Crippen molar-refractivity contribution < 1.29 is 9.90 Å². The van der Waals surface area contributed by atoms with Gasteiger partial charge in [0.1, 0.15) is 17.9 Å². The van der Waals surface area contributed by atoms with Crippen molar-refractivity contribution in [3.8, 4) is 0 Å². The van der Waals surface area contributed by atoms with Crippen LogP contribution in [0.3, 0.4) is 0 Å². The Balaban J connectivity index is 1.49. The zero-order chi connectivity index (χ0) is 20.7. The third-order valence-electron chi connectivity index (χ3n) is 5.32. The van der Waals surface area contributed by atoms with E-state index in [1.165, 1.54) is 11.1 Å². The first-order valence-corrected chi connectivity index (χ1v) is 10.2. The van der Waals surface area contributed by atoms with Crippen LogP contribution in [0.5, 0.6) is 0 Å². The third kappa shape index (κ3) is 3.86. The standard InChI is InChI=1S/C22H24N6O2/c1-13-3-2-4-14(7-13)11-23-18-10-19(25-17-5-6-17)28-21(26-18)16(12-24-28)8-15-9-20(29)27-22(15)30/h2-4,7-8,10,12,17,20,25,29H,5-6,9,11H2,1H3,(H,23,26)(H,27,30)/b15-8+. The molecule has 1 saturated heterocycles. The summed E-state index contributed by atoms with van der Waals surface area (Å²) in [6.07, 6.45) is 5.19. The summed E-state index contributed by atoms with van der Waals surface area (Å²) in [5.41, 5.74) is 4.33. The summed E-state index contributed by atoms with van der Waals surface area (Å²) in [4.78, 5) is 16.8. The second kappa shape index (κ2) is 7.46. The van der Waals surface area contributed by atoms with Gasteiger partial charge in [0.05, 0.1) is 6.20 Å². The van der Waals surface area contributed by atoms with Crippen molar-refractivity contribution >= 4 is 29.3 Å². The predicted octanol–water partition coefficient (Wildman–Crippen LogP) is 2.45. The average molecular weight is 404 g/mol. The Morgan fingerprint density at radius 2 is 2.20 bits per heavy atom. The Morgan fingerprint density at radius 1 is 1.33 bits per heavy atom. The summed E-state index contributed by atoms with van der Waals surface area (Å²) in [6, 6.07) is 10.8. The van der Waals surface area contributed by atoms with Gasteiger partial charge in [-0.25, -0.2) is 4.98 Å². The number of anilines is 2. The molecule has 8 heteroatoms. The highest BCUT2D eigenvalue weighted by Crippen LogP contribution is 2.28. The molecule has 0 bridgehead atoms. The molecule has 2 aromatic heterocycles. The van der Waals surface area contributed by atoms with E-state index in [9.17, 15) is 9.90 Å². The van der Waals surface area contributed by atoms with Crippen LogP contribution in [-0.2, 0) is 11.3 Å². The van der Waals surface area contributed by atoms with Crippen molar-refractivity contribution in [1.82, 2.24) is 19.9 Å². The lowest BCUT2D eigenvalue weighted by atomic mass is 10.1. The molecule has 1 aliphatic carbocycles. The lowest BCUT2D eigenvalue weighted by Crippen LogP contribution is -2.24. The minimum absolute atomic E-state index is 0.257. The van der Waals surface area contributed by atoms with Gasteiger partial charge in [-0.05, 0) is 31.4 Å². The number of aliphatic hydroxyl groups excluding tert-OH is 1. The minimum Gasteiger partial charge on any atom is -0.373 e. The van der Waals surface area contributed by atoms with Gasteiger partial charge in [0.25, 0.3) is 0 Å². The molecule has 1 aromatic carbocycles. The number of aromatic nitrogens is 3.